The van der Waals surface area contributed by atoms with E-state index in [1.54, 1.807) is 25.1 Å². The molecule has 7 nitrogen and oxygen atoms in total. The molecule has 0 amide bonds. The molecule has 0 unspecified atom stereocenters. The van der Waals surface area contributed by atoms with Gasteiger partial charge < -0.3 is 23.5 Å². The second-order valence-corrected chi connectivity index (χ2v) is 10.3. The number of likely N-dealkylation sites (tertiary alicyclic amines) is 1. The van der Waals surface area contributed by atoms with Gasteiger partial charge in [-0.2, -0.15) is 0 Å². The molecule has 214 valence electrons. The number of ether oxygens (including phenoxy) is 3. The molecule has 5 rings (SSSR count). The lowest BCUT2D eigenvalue weighted by Crippen LogP contribution is -2.38. The number of carbonyl (C=O) groups excluding carboxylic acids is 1. The van der Waals surface area contributed by atoms with Gasteiger partial charge in [0.25, 0.3) is 0 Å². The lowest BCUT2D eigenvalue weighted by Gasteiger charge is -2.34. The molecular weight excluding hydrogens is 518 g/mol. The van der Waals surface area contributed by atoms with Gasteiger partial charge in [-0.1, -0.05) is 60.7 Å². The maximum atomic E-state index is 12.4. The maximum absolute atomic E-state index is 12.4. The van der Waals surface area contributed by atoms with Crippen LogP contribution in [0, 0.1) is 0 Å². The van der Waals surface area contributed by atoms with Gasteiger partial charge in [-0.3, -0.25) is 4.79 Å². The predicted molar refractivity (Wildman–Crippen MR) is 158 cm³/mol. The van der Waals surface area contributed by atoms with Crippen LogP contribution in [-0.4, -0.2) is 49.8 Å². The van der Waals surface area contributed by atoms with E-state index in [4.69, 9.17) is 18.6 Å². The fourth-order valence-electron chi connectivity index (χ4n) is 5.22. The van der Waals surface area contributed by atoms with E-state index < -0.39 is 5.97 Å². The minimum absolute atomic E-state index is 0.0500. The van der Waals surface area contributed by atoms with Gasteiger partial charge in [0.15, 0.2) is 5.43 Å². The van der Waals surface area contributed by atoms with E-state index in [9.17, 15) is 9.59 Å². The third-order valence-electron chi connectivity index (χ3n) is 7.38. The second-order valence-electron chi connectivity index (χ2n) is 10.3. The van der Waals surface area contributed by atoms with Crippen LogP contribution in [0.25, 0.3) is 11.0 Å². The molecule has 0 N–H and O–H groups in total. The highest BCUT2D eigenvalue weighted by Gasteiger charge is 2.24. The Kier molecular flexibility index (Phi) is 9.83. The van der Waals surface area contributed by atoms with Crippen molar-refractivity contribution in [3.63, 3.8) is 0 Å². The Morgan fingerprint density at radius 2 is 1.61 bits per heavy atom. The summed E-state index contributed by atoms with van der Waals surface area (Å²) in [6.07, 6.45) is 4.15. The number of unbranched alkanes of at least 4 members (excludes halogenated alkanes) is 1. The summed E-state index contributed by atoms with van der Waals surface area (Å²) in [7, 11) is 0. The predicted octanol–water partition coefficient (Wildman–Crippen LogP) is 6.40. The van der Waals surface area contributed by atoms with Crippen LogP contribution in [0.5, 0.6) is 5.75 Å². The van der Waals surface area contributed by atoms with Gasteiger partial charge in [0.05, 0.1) is 24.7 Å². The molecule has 0 atom stereocenters. The summed E-state index contributed by atoms with van der Waals surface area (Å²) in [5, 5.41) is 0.400. The van der Waals surface area contributed by atoms with Crippen molar-refractivity contribution in [1.82, 2.24) is 4.90 Å². The van der Waals surface area contributed by atoms with Gasteiger partial charge in [-0.25, -0.2) is 4.79 Å². The molecular formula is C34H37NO6. The van der Waals surface area contributed by atoms with Crippen molar-refractivity contribution in [3.8, 4) is 5.75 Å². The van der Waals surface area contributed by atoms with Crippen molar-refractivity contribution in [2.24, 2.45) is 0 Å². The Hall–Kier alpha value is -3.94. The number of benzene rings is 3. The molecule has 1 aliphatic rings. The van der Waals surface area contributed by atoms with Gasteiger partial charge in [0.2, 0.25) is 5.76 Å². The van der Waals surface area contributed by atoms with Crippen LogP contribution in [0.15, 0.2) is 94.1 Å². The summed E-state index contributed by atoms with van der Waals surface area (Å²) in [5.41, 5.74) is 2.40. The standard InChI is InChI=1S/C34H37NO6/c1-2-38-34(37)32-24-30(36)29-16-15-28(23-31(29)41-32)39-22-10-9-19-35-20-17-27(18-21-35)40-33(25-11-5-3-6-12-25)26-13-7-4-8-14-26/h3-8,11-16,23-24,27,33H,2,9-10,17-22H2,1H3. The largest absolute Gasteiger partial charge is 0.493 e. The normalized spacial score (nSPS) is 14.4. The molecule has 1 saturated heterocycles. The maximum Gasteiger partial charge on any atom is 0.374 e. The number of esters is 1. The van der Waals surface area contributed by atoms with Crippen LogP contribution in [0.3, 0.4) is 0 Å². The molecule has 7 heteroatoms. The van der Waals surface area contributed by atoms with Crippen molar-refractivity contribution in [3.05, 3.63) is 112 Å². The molecule has 0 saturated carbocycles. The quantitative estimate of drug-likeness (QED) is 0.148. The highest BCUT2D eigenvalue weighted by molar-refractivity contribution is 5.89. The van der Waals surface area contributed by atoms with E-state index in [-0.39, 0.29) is 30.0 Å². The number of rotatable bonds is 12. The van der Waals surface area contributed by atoms with Gasteiger partial charge >= 0.3 is 5.97 Å². The third kappa shape index (κ3) is 7.63. The van der Waals surface area contributed by atoms with E-state index in [2.05, 4.69) is 53.4 Å². The number of piperidine rings is 1. The Bertz CT molecular complexity index is 1420. The number of hydrogen-bond acceptors (Lipinski definition) is 7. The number of fused-ring (bicyclic) bond motifs is 1. The van der Waals surface area contributed by atoms with Crippen LogP contribution >= 0.6 is 0 Å². The van der Waals surface area contributed by atoms with Gasteiger partial charge in [-0.15, -0.1) is 0 Å². The third-order valence-corrected chi connectivity index (χ3v) is 7.38. The van der Waals surface area contributed by atoms with Crippen molar-refractivity contribution >= 4 is 16.9 Å². The molecule has 0 spiro atoms. The topological polar surface area (TPSA) is 78.2 Å². The highest BCUT2D eigenvalue weighted by Crippen LogP contribution is 2.30. The molecule has 2 heterocycles. The molecule has 0 radical (unpaired) electrons. The van der Waals surface area contributed by atoms with Gasteiger partial charge in [0, 0.05) is 25.2 Å². The summed E-state index contributed by atoms with van der Waals surface area (Å²) >= 11 is 0. The molecule has 1 aliphatic heterocycles. The van der Waals surface area contributed by atoms with Crippen LogP contribution in [0.1, 0.15) is 60.4 Å². The minimum atomic E-state index is -0.652. The van der Waals surface area contributed by atoms with E-state index in [0.29, 0.717) is 23.3 Å². The van der Waals surface area contributed by atoms with Crippen LogP contribution < -0.4 is 10.2 Å². The molecule has 1 aromatic heterocycles. The first-order valence-electron chi connectivity index (χ1n) is 14.5. The Balaban J connectivity index is 1.06. The lowest BCUT2D eigenvalue weighted by molar-refractivity contribution is -0.0271. The summed E-state index contributed by atoms with van der Waals surface area (Å²) in [5.74, 6) is -0.155. The number of hydrogen-bond donors (Lipinski definition) is 0. The second kappa shape index (κ2) is 14.1. The Labute approximate surface area is 240 Å². The molecule has 1 fully saturated rings. The van der Waals surface area contributed by atoms with Crippen LogP contribution in [0.2, 0.25) is 0 Å². The Morgan fingerprint density at radius 1 is 0.927 bits per heavy atom. The molecule has 3 aromatic carbocycles. The van der Waals surface area contributed by atoms with Crippen LogP contribution in [-0.2, 0) is 9.47 Å². The first-order chi connectivity index (χ1) is 20.1. The molecule has 4 aromatic rings. The average molecular weight is 556 g/mol. The zero-order valence-corrected chi connectivity index (χ0v) is 23.5. The summed E-state index contributed by atoms with van der Waals surface area (Å²) in [6, 6.07) is 27.2. The van der Waals surface area contributed by atoms with E-state index in [1.165, 1.54) is 17.2 Å². The van der Waals surface area contributed by atoms with Crippen LogP contribution in [0.4, 0.5) is 0 Å². The number of nitrogens with zero attached hydrogens (tertiary/aromatic N) is 1. The van der Waals surface area contributed by atoms with E-state index in [1.807, 2.05) is 12.1 Å². The zero-order chi connectivity index (χ0) is 28.4. The highest BCUT2D eigenvalue weighted by atomic mass is 16.5. The fourth-order valence-corrected chi connectivity index (χ4v) is 5.22. The average Bonchev–Trinajstić information content (AvgIpc) is 3.01. The van der Waals surface area contributed by atoms with Crippen molar-refractivity contribution in [1.29, 1.82) is 0 Å². The number of carbonyl (C=O) groups is 1. The van der Waals surface area contributed by atoms with Gasteiger partial charge in [0.1, 0.15) is 17.4 Å². The molecule has 0 bridgehead atoms. The molecule has 0 aliphatic carbocycles. The summed E-state index contributed by atoms with van der Waals surface area (Å²) in [6.45, 7) is 5.53. The first-order valence-corrected chi connectivity index (χ1v) is 14.5. The monoisotopic (exact) mass is 555 g/mol. The zero-order valence-electron chi connectivity index (χ0n) is 23.5. The summed E-state index contributed by atoms with van der Waals surface area (Å²) < 4.78 is 23.2. The SMILES string of the molecule is CCOC(=O)c1cc(=O)c2ccc(OCCCCN3CCC(OC(c4ccccc4)c4ccccc4)CC3)cc2o1. The minimum Gasteiger partial charge on any atom is -0.493 e. The van der Waals surface area contributed by atoms with Crippen molar-refractivity contribution in [2.45, 2.75) is 44.8 Å². The van der Waals surface area contributed by atoms with Crippen molar-refractivity contribution in [2.75, 3.05) is 32.8 Å². The lowest BCUT2D eigenvalue weighted by atomic mass is 10.00. The molecule has 41 heavy (non-hydrogen) atoms. The van der Waals surface area contributed by atoms with Crippen molar-refractivity contribution < 1.29 is 23.4 Å². The first kappa shape index (κ1) is 28.6. The Morgan fingerprint density at radius 3 is 2.27 bits per heavy atom. The van der Waals surface area contributed by atoms with Gasteiger partial charge in [-0.05, 0) is 62.4 Å². The van der Waals surface area contributed by atoms with E-state index in [0.717, 1.165) is 45.3 Å². The van der Waals surface area contributed by atoms with E-state index >= 15 is 0 Å². The summed E-state index contributed by atoms with van der Waals surface area (Å²) in [4.78, 5) is 26.8. The smallest absolute Gasteiger partial charge is 0.374 e. The fraction of sp³-hybridized carbons (Fsp3) is 0.353.